The highest BCUT2D eigenvalue weighted by Gasteiger charge is 2.05. The van der Waals surface area contributed by atoms with Crippen LogP contribution in [-0.4, -0.2) is 10.9 Å². The molecule has 0 saturated heterocycles. The molecule has 4 nitrogen and oxygen atoms in total. The van der Waals surface area contributed by atoms with E-state index in [0.29, 0.717) is 11.1 Å². The molecule has 1 amide bonds. The van der Waals surface area contributed by atoms with Gasteiger partial charge in [0.2, 0.25) is 5.56 Å². The SMILES string of the molecule is NC(=O)c1cccc2ccc(=O)[nH]c12. The Morgan fingerprint density at radius 3 is 2.71 bits per heavy atom. The highest BCUT2D eigenvalue weighted by Crippen LogP contribution is 2.13. The molecule has 14 heavy (non-hydrogen) atoms. The number of pyridine rings is 1. The molecule has 3 N–H and O–H groups in total. The second-order valence-electron chi connectivity index (χ2n) is 2.96. The van der Waals surface area contributed by atoms with Crippen molar-refractivity contribution in [1.29, 1.82) is 0 Å². The van der Waals surface area contributed by atoms with Gasteiger partial charge < -0.3 is 10.7 Å². The maximum Gasteiger partial charge on any atom is 0.250 e. The Morgan fingerprint density at radius 1 is 1.21 bits per heavy atom. The van der Waals surface area contributed by atoms with E-state index in [2.05, 4.69) is 4.98 Å². The van der Waals surface area contributed by atoms with Crippen LogP contribution >= 0.6 is 0 Å². The van der Waals surface area contributed by atoms with Gasteiger partial charge in [0.15, 0.2) is 0 Å². The molecule has 1 aromatic carbocycles. The Hall–Kier alpha value is -2.10. The van der Waals surface area contributed by atoms with Crippen molar-refractivity contribution in [2.45, 2.75) is 0 Å². The summed E-state index contributed by atoms with van der Waals surface area (Å²) in [7, 11) is 0. The van der Waals surface area contributed by atoms with Gasteiger partial charge in [0.1, 0.15) is 0 Å². The summed E-state index contributed by atoms with van der Waals surface area (Å²) in [6, 6.07) is 8.17. The third-order valence-electron chi connectivity index (χ3n) is 2.02. The molecular formula is C10H8N2O2. The van der Waals surface area contributed by atoms with Gasteiger partial charge in [0.25, 0.3) is 5.91 Å². The highest BCUT2D eigenvalue weighted by atomic mass is 16.1. The second kappa shape index (κ2) is 2.99. The van der Waals surface area contributed by atoms with Gasteiger partial charge in [0, 0.05) is 6.07 Å². The number of aromatic nitrogens is 1. The zero-order chi connectivity index (χ0) is 10.1. The average molecular weight is 188 g/mol. The summed E-state index contributed by atoms with van der Waals surface area (Å²) in [6.45, 7) is 0. The zero-order valence-corrected chi connectivity index (χ0v) is 7.28. The molecule has 2 rings (SSSR count). The molecule has 4 heteroatoms. The van der Waals surface area contributed by atoms with Crippen LogP contribution in [0.2, 0.25) is 0 Å². The van der Waals surface area contributed by atoms with Gasteiger partial charge in [-0.15, -0.1) is 0 Å². The number of nitrogens with one attached hydrogen (secondary N) is 1. The van der Waals surface area contributed by atoms with Crippen LogP contribution in [0.15, 0.2) is 35.1 Å². The summed E-state index contributed by atoms with van der Waals surface area (Å²) < 4.78 is 0. The molecule has 0 atom stereocenters. The lowest BCUT2D eigenvalue weighted by molar-refractivity contribution is 0.100. The van der Waals surface area contributed by atoms with E-state index in [1.807, 2.05) is 0 Å². The molecule has 0 fully saturated rings. The van der Waals surface area contributed by atoms with Crippen LogP contribution in [0.5, 0.6) is 0 Å². The topological polar surface area (TPSA) is 76.0 Å². The Kier molecular flexibility index (Phi) is 1.81. The third kappa shape index (κ3) is 1.26. The molecule has 0 spiro atoms. The number of H-pyrrole nitrogens is 1. The van der Waals surface area contributed by atoms with E-state index >= 15 is 0 Å². The second-order valence-corrected chi connectivity index (χ2v) is 2.96. The van der Waals surface area contributed by atoms with Crippen molar-refractivity contribution in [2.24, 2.45) is 5.73 Å². The van der Waals surface area contributed by atoms with Gasteiger partial charge in [0.05, 0.1) is 11.1 Å². The number of fused-ring (bicyclic) bond motifs is 1. The number of carbonyl (C=O) groups is 1. The van der Waals surface area contributed by atoms with E-state index in [0.717, 1.165) is 5.39 Å². The number of para-hydroxylation sites is 1. The van der Waals surface area contributed by atoms with Crippen molar-refractivity contribution >= 4 is 16.8 Å². The molecule has 0 aliphatic rings. The predicted octanol–water partition coefficient (Wildman–Crippen LogP) is 0.627. The van der Waals surface area contributed by atoms with E-state index < -0.39 is 5.91 Å². The minimum Gasteiger partial charge on any atom is -0.366 e. The first-order valence-corrected chi connectivity index (χ1v) is 4.10. The first kappa shape index (κ1) is 8.50. The largest absolute Gasteiger partial charge is 0.366 e. The molecular weight excluding hydrogens is 180 g/mol. The number of nitrogens with two attached hydrogens (primary N) is 1. The molecule has 2 aromatic rings. The summed E-state index contributed by atoms with van der Waals surface area (Å²) >= 11 is 0. The van der Waals surface area contributed by atoms with Crippen molar-refractivity contribution in [3.63, 3.8) is 0 Å². The lowest BCUT2D eigenvalue weighted by Crippen LogP contribution is -2.13. The first-order chi connectivity index (χ1) is 6.68. The molecule has 1 heterocycles. The molecule has 70 valence electrons. The number of hydrogen-bond donors (Lipinski definition) is 2. The van der Waals surface area contributed by atoms with Crippen molar-refractivity contribution in [3.8, 4) is 0 Å². The minimum absolute atomic E-state index is 0.244. The lowest BCUT2D eigenvalue weighted by atomic mass is 10.1. The molecule has 0 unspecified atom stereocenters. The fourth-order valence-electron chi connectivity index (χ4n) is 1.38. The van der Waals surface area contributed by atoms with Crippen LogP contribution in [0.1, 0.15) is 10.4 Å². The van der Waals surface area contributed by atoms with Crippen LogP contribution in [-0.2, 0) is 0 Å². The number of rotatable bonds is 1. The van der Waals surface area contributed by atoms with Crippen molar-refractivity contribution in [3.05, 3.63) is 46.2 Å². The van der Waals surface area contributed by atoms with Crippen molar-refractivity contribution in [1.82, 2.24) is 4.98 Å². The van der Waals surface area contributed by atoms with Crippen molar-refractivity contribution in [2.75, 3.05) is 0 Å². The highest BCUT2D eigenvalue weighted by molar-refractivity contribution is 6.04. The fourth-order valence-corrected chi connectivity index (χ4v) is 1.38. The molecule has 1 aromatic heterocycles. The zero-order valence-electron chi connectivity index (χ0n) is 7.28. The van der Waals surface area contributed by atoms with Gasteiger partial charge in [-0.25, -0.2) is 0 Å². The quantitative estimate of drug-likeness (QED) is 0.688. The van der Waals surface area contributed by atoms with Crippen LogP contribution in [0.4, 0.5) is 0 Å². The van der Waals surface area contributed by atoms with Crippen LogP contribution < -0.4 is 11.3 Å². The van der Waals surface area contributed by atoms with Crippen molar-refractivity contribution < 1.29 is 4.79 Å². The van der Waals surface area contributed by atoms with Gasteiger partial charge in [-0.2, -0.15) is 0 Å². The Bertz CT molecular complexity index is 557. The van der Waals surface area contributed by atoms with Crippen LogP contribution in [0.3, 0.4) is 0 Å². The Morgan fingerprint density at radius 2 is 2.00 bits per heavy atom. The van der Waals surface area contributed by atoms with Gasteiger partial charge in [-0.05, 0) is 17.5 Å². The van der Waals surface area contributed by atoms with E-state index in [1.165, 1.54) is 6.07 Å². The lowest BCUT2D eigenvalue weighted by Gasteiger charge is -2.01. The van der Waals surface area contributed by atoms with E-state index in [9.17, 15) is 9.59 Å². The van der Waals surface area contributed by atoms with Gasteiger partial charge in [-0.3, -0.25) is 9.59 Å². The Labute approximate surface area is 79.4 Å². The third-order valence-corrected chi connectivity index (χ3v) is 2.02. The maximum absolute atomic E-state index is 11.1. The first-order valence-electron chi connectivity index (χ1n) is 4.10. The summed E-state index contributed by atoms with van der Waals surface area (Å²) in [4.78, 5) is 24.7. The summed E-state index contributed by atoms with van der Waals surface area (Å²) in [5, 5.41) is 0.793. The van der Waals surface area contributed by atoms with E-state index in [4.69, 9.17) is 5.73 Å². The van der Waals surface area contributed by atoms with Gasteiger partial charge in [-0.1, -0.05) is 12.1 Å². The standard InChI is InChI=1S/C10H8N2O2/c11-10(14)7-3-1-2-6-4-5-8(13)12-9(6)7/h1-5H,(H2,11,14)(H,12,13). The predicted molar refractivity (Wildman–Crippen MR) is 53.1 cm³/mol. The normalized spacial score (nSPS) is 10.3. The number of benzene rings is 1. The summed E-state index contributed by atoms with van der Waals surface area (Å²) in [5.41, 5.74) is 5.75. The van der Waals surface area contributed by atoms with Crippen LogP contribution in [0, 0.1) is 0 Å². The van der Waals surface area contributed by atoms with Gasteiger partial charge >= 0.3 is 0 Å². The van der Waals surface area contributed by atoms with E-state index in [1.54, 1.807) is 24.3 Å². The minimum atomic E-state index is -0.544. The number of hydrogen-bond acceptors (Lipinski definition) is 2. The molecule has 0 aliphatic carbocycles. The summed E-state index contributed by atoms with van der Waals surface area (Å²) in [6.07, 6.45) is 0. The maximum atomic E-state index is 11.1. The van der Waals surface area contributed by atoms with Crippen LogP contribution in [0.25, 0.3) is 10.9 Å². The monoisotopic (exact) mass is 188 g/mol. The average Bonchev–Trinajstić information content (AvgIpc) is 2.16. The molecule has 0 aliphatic heterocycles. The fraction of sp³-hybridized carbons (Fsp3) is 0. The molecule has 0 bridgehead atoms. The molecule has 0 radical (unpaired) electrons. The number of carbonyl (C=O) groups excluding carboxylic acids is 1. The van der Waals surface area contributed by atoms with E-state index in [-0.39, 0.29) is 5.56 Å². The molecule has 0 saturated carbocycles. The number of primary amides is 1. The Balaban J connectivity index is 2.91. The number of amides is 1. The smallest absolute Gasteiger partial charge is 0.250 e. The number of aromatic amines is 1. The summed E-state index contributed by atoms with van der Waals surface area (Å²) in [5.74, 6) is -0.544.